The second kappa shape index (κ2) is 35.1. The topological polar surface area (TPSA) is 46.1 Å². The third-order valence-corrected chi connectivity index (χ3v) is 27.1. The monoisotopic (exact) mass is 1760 g/mol. The molecule has 27 rings (SSSR count). The predicted octanol–water partition coefficient (Wildman–Crippen LogP) is 36.8. The summed E-state index contributed by atoms with van der Waals surface area (Å²) in [4.78, 5) is 18.6. The fourth-order valence-electron chi connectivity index (χ4n) is 20.9. The molecule has 0 aliphatic heterocycles. The molecule has 27 aromatic rings. The number of nitrogens with zero attached hydrogens (tertiary/aromatic N) is 9. The molecule has 138 heavy (non-hydrogen) atoms. The van der Waals surface area contributed by atoms with Gasteiger partial charge in [0.25, 0.3) is 0 Å². The Bertz CT molecular complexity index is 9240. The number of hydrogen-bond acceptors (Lipinski definition) is 4. The summed E-state index contributed by atoms with van der Waals surface area (Å²) in [5.41, 5.74) is 28.9. The molecule has 0 saturated heterocycles. The fraction of sp³-hybridized carbons (Fsp3) is 0.0155. The molecule has 0 bridgehead atoms. The Morgan fingerprint density at radius 3 is 1.09 bits per heavy atom. The van der Waals surface area contributed by atoms with Crippen molar-refractivity contribution in [2.45, 2.75) is 14.9 Å². The Morgan fingerprint density at radius 2 is 0.558 bits per heavy atom. The average Bonchev–Trinajstić information content (AvgIpc) is 1.55. The van der Waals surface area contributed by atoms with Crippen LogP contribution in [0.25, 0.3) is 190 Å². The van der Waals surface area contributed by atoms with Gasteiger partial charge in [0.1, 0.15) is 0 Å². The highest BCUT2D eigenvalue weighted by atomic mass is 15.2. The van der Waals surface area contributed by atoms with Crippen molar-refractivity contribution < 1.29 is 0 Å². The van der Waals surface area contributed by atoms with Gasteiger partial charge in [0, 0.05) is 100 Å². The Balaban J connectivity index is 0.000000116. The third-order valence-electron chi connectivity index (χ3n) is 27.1. The van der Waals surface area contributed by atoms with Crippen LogP contribution in [0.5, 0.6) is 0 Å². The van der Waals surface area contributed by atoms with Crippen LogP contribution in [0.1, 0.15) is 14.9 Å². The number of anilines is 9. The van der Waals surface area contributed by atoms with Crippen molar-refractivity contribution in [2.75, 3.05) is 14.7 Å². The predicted molar refractivity (Wildman–Crippen MR) is 585 cm³/mol. The van der Waals surface area contributed by atoms with Gasteiger partial charge in [-0.2, -0.15) is 0 Å². The number of para-hydroxylation sites is 2. The summed E-state index contributed by atoms with van der Waals surface area (Å²) in [6.07, 6.45) is 3.75. The maximum absolute atomic E-state index is 7.52. The van der Waals surface area contributed by atoms with Crippen LogP contribution in [0.2, 0.25) is 0 Å². The van der Waals surface area contributed by atoms with Gasteiger partial charge in [0.15, 0.2) is 11.4 Å². The molecule has 4 aromatic heterocycles. The zero-order chi connectivity index (χ0) is 90.3. The molecule has 0 unspecified atom stereocenters. The Morgan fingerprint density at radius 1 is 0.203 bits per heavy atom. The van der Waals surface area contributed by atoms with Crippen molar-refractivity contribution in [1.82, 2.24) is 18.7 Å². The molecule has 650 valence electrons. The van der Waals surface area contributed by atoms with Gasteiger partial charge in [-0.15, -0.1) is 0 Å². The van der Waals surface area contributed by atoms with Crippen molar-refractivity contribution in [3.05, 3.63) is 514 Å². The summed E-state index contributed by atoms with van der Waals surface area (Å²) in [7, 11) is 0. The van der Waals surface area contributed by atoms with Crippen LogP contribution in [0.4, 0.5) is 62.6 Å². The summed E-state index contributed by atoms with van der Waals surface area (Å²) in [6, 6.07) is 171. The van der Waals surface area contributed by atoms with Crippen molar-refractivity contribution in [3.63, 3.8) is 0 Å². The molecule has 0 amide bonds. The SMILES string of the molecule is C.C.[C-]#[N+]c1ccc(N(c2ccc3ccccc3c2)c2ccc3cc(-c4ccc5c6c4ccc4cccc(c46)n5-c4ccccc4)ccc3c2)cc1.[C-]#[N+]c1ccc(N(c2cccc3ccccc23)c2ccc3c4c2ccc2cccc(c24)n3-c2ccc(-c3ccccc3)cc2)cc1.c1ccc(-c2ccc(-n3c4cccc5ccc6c(N(c7ccccc7)c7cccnc7)ccc3c6c54)cc2)cc1. The van der Waals surface area contributed by atoms with Gasteiger partial charge in [0.05, 0.1) is 75.2 Å². The van der Waals surface area contributed by atoms with Crippen LogP contribution in [0.3, 0.4) is 0 Å². The van der Waals surface area contributed by atoms with Gasteiger partial charge in [-0.05, 0) is 252 Å². The van der Waals surface area contributed by atoms with E-state index in [1.807, 2.05) is 54.9 Å². The summed E-state index contributed by atoms with van der Waals surface area (Å²) in [6.45, 7) is 15.0. The van der Waals surface area contributed by atoms with Gasteiger partial charge in [0.2, 0.25) is 0 Å². The van der Waals surface area contributed by atoms with Crippen LogP contribution in [-0.2, 0) is 0 Å². The quantitative estimate of drug-likeness (QED) is 0.0758. The normalized spacial score (nSPS) is 11.3. The lowest BCUT2D eigenvalue weighted by Gasteiger charge is -2.28. The Hall–Kier alpha value is -18.7. The zero-order valence-electron chi connectivity index (χ0n) is 73.8. The first-order valence-electron chi connectivity index (χ1n) is 45.9. The van der Waals surface area contributed by atoms with E-state index in [1.54, 1.807) is 0 Å². The van der Waals surface area contributed by atoms with E-state index < -0.39 is 0 Å². The largest absolute Gasteiger partial charge is 0.311 e. The lowest BCUT2D eigenvalue weighted by atomic mass is 9.93. The first kappa shape index (κ1) is 83.7. The second-order valence-corrected chi connectivity index (χ2v) is 34.7. The number of rotatable bonds is 15. The molecular weight excluding hydrogens is 1680 g/mol. The number of pyridine rings is 1. The highest BCUT2D eigenvalue weighted by Crippen LogP contribution is 2.52. The number of benzene rings is 23. The molecule has 0 fully saturated rings. The smallest absolute Gasteiger partial charge is 0.187 e. The molecule has 0 aliphatic carbocycles. The molecule has 0 spiro atoms. The van der Waals surface area contributed by atoms with Crippen molar-refractivity contribution in [3.8, 4) is 50.4 Å². The Kier molecular flexibility index (Phi) is 21.3. The summed E-state index contributed by atoms with van der Waals surface area (Å²) >= 11 is 0. The fourth-order valence-corrected chi connectivity index (χ4v) is 20.9. The van der Waals surface area contributed by atoms with Gasteiger partial charge in [-0.1, -0.05) is 324 Å². The molecule has 0 saturated carbocycles. The van der Waals surface area contributed by atoms with Crippen LogP contribution in [-0.4, -0.2) is 18.7 Å². The number of fused-ring (bicyclic) bond motifs is 3. The maximum atomic E-state index is 7.52. The lowest BCUT2D eigenvalue weighted by Crippen LogP contribution is -2.11. The number of hydrogen-bond donors (Lipinski definition) is 0. The van der Waals surface area contributed by atoms with Crippen LogP contribution >= 0.6 is 0 Å². The summed E-state index contributed by atoms with van der Waals surface area (Å²) in [5, 5.41) is 22.2. The highest BCUT2D eigenvalue weighted by Gasteiger charge is 2.28. The molecule has 0 N–H and O–H groups in total. The second-order valence-electron chi connectivity index (χ2n) is 34.7. The van der Waals surface area contributed by atoms with E-state index in [4.69, 9.17) is 13.1 Å². The highest BCUT2D eigenvalue weighted by molar-refractivity contribution is 6.30. The summed E-state index contributed by atoms with van der Waals surface area (Å²) < 4.78 is 7.20. The van der Waals surface area contributed by atoms with Crippen LogP contribution in [0.15, 0.2) is 492 Å². The van der Waals surface area contributed by atoms with Crippen molar-refractivity contribution in [2.24, 2.45) is 0 Å². The number of aromatic nitrogens is 4. The molecule has 0 aliphatic rings. The van der Waals surface area contributed by atoms with E-state index in [1.165, 1.54) is 169 Å². The first-order chi connectivity index (χ1) is 67.4. The van der Waals surface area contributed by atoms with Crippen LogP contribution < -0.4 is 14.7 Å². The lowest BCUT2D eigenvalue weighted by molar-refractivity contribution is 1.18. The van der Waals surface area contributed by atoms with E-state index in [-0.39, 0.29) is 14.9 Å². The molecule has 9 nitrogen and oxygen atoms in total. The molecule has 4 heterocycles. The van der Waals surface area contributed by atoms with E-state index >= 15 is 0 Å². The van der Waals surface area contributed by atoms with E-state index in [2.05, 4.69) is 480 Å². The minimum Gasteiger partial charge on any atom is -0.311 e. The van der Waals surface area contributed by atoms with Crippen molar-refractivity contribution in [1.29, 1.82) is 0 Å². The van der Waals surface area contributed by atoms with Gasteiger partial charge in [-0.3, -0.25) is 4.98 Å². The van der Waals surface area contributed by atoms with Gasteiger partial charge < -0.3 is 28.4 Å². The molecule has 9 heteroatoms. The van der Waals surface area contributed by atoms with E-state index in [0.29, 0.717) is 11.4 Å². The zero-order valence-corrected chi connectivity index (χ0v) is 73.8. The van der Waals surface area contributed by atoms with Gasteiger partial charge in [-0.25, -0.2) is 9.69 Å². The molecule has 0 radical (unpaired) electrons. The van der Waals surface area contributed by atoms with E-state index in [9.17, 15) is 0 Å². The first-order valence-corrected chi connectivity index (χ1v) is 45.9. The van der Waals surface area contributed by atoms with E-state index in [0.717, 1.165) is 62.6 Å². The third kappa shape index (κ3) is 14.4. The minimum atomic E-state index is 0. The maximum Gasteiger partial charge on any atom is 0.187 e. The Labute approximate surface area is 800 Å². The molecule has 23 aromatic carbocycles. The molecular formula is C129H89N9. The standard InChI is InChI=1S/C47H29N3.C43H27N3.C37H25N3.2CH4/c1-48-37-19-23-39(24-20-37)49(40-21-16-31-8-5-6-9-33(31)29-40)41-22-17-34-28-36(15-14-35(34)30-41)42-26-27-45-47-43(42)25-18-32-10-7-13-44(46(32)47)50(45)38-11-3-2-4-12-38;1-44-33-20-24-35(25-21-33)45(38-15-7-12-31-11-5-6-14-36(31)38)39-27-28-41-43-37(39)26-19-32-13-8-16-40(42(32)43)46(41)34-22-17-30(18-23-34)29-9-3-2-4-10-29;1-3-9-26(10-4-1)27-16-19-30(20-17-27)40-34-15-7-11-28-18-21-32-33(22-23-35(40)37(32)36(28)34)39(29-12-5-2-6-13-29)31-14-8-24-38-25-31;;/h2-30H;2-28H;1-25H;2*1H4. The minimum absolute atomic E-state index is 0. The summed E-state index contributed by atoms with van der Waals surface area (Å²) in [5.74, 6) is 0. The van der Waals surface area contributed by atoms with Crippen molar-refractivity contribution >= 4 is 193 Å². The average molecular weight is 1770 g/mol. The van der Waals surface area contributed by atoms with Crippen LogP contribution in [0, 0.1) is 13.1 Å². The van der Waals surface area contributed by atoms with Gasteiger partial charge >= 0.3 is 0 Å². The molecule has 0 atom stereocenters.